The molecule has 2 aromatic carbocycles. The summed E-state index contributed by atoms with van der Waals surface area (Å²) >= 11 is 0. The van der Waals surface area contributed by atoms with Crippen LogP contribution in [0.5, 0.6) is 5.75 Å². The molecule has 5 heteroatoms. The highest BCUT2D eigenvalue weighted by atomic mass is 16.5. The number of ether oxygens (including phenoxy) is 1. The minimum absolute atomic E-state index is 0.184. The molecule has 0 bridgehead atoms. The topological polar surface area (TPSA) is 64.4 Å². The maximum Gasteiger partial charge on any atom is 0.265 e. The van der Waals surface area contributed by atoms with Gasteiger partial charge in [0.1, 0.15) is 11.3 Å². The number of amides is 1. The Kier molecular flexibility index (Phi) is 4.28. The van der Waals surface area contributed by atoms with Crippen molar-refractivity contribution in [2.45, 2.75) is 26.4 Å². The summed E-state index contributed by atoms with van der Waals surface area (Å²) < 4.78 is 11.2. The number of carbonyl (C=O) groups excluding carboxylic acids is 1. The van der Waals surface area contributed by atoms with Gasteiger partial charge in [-0.25, -0.2) is 4.98 Å². The van der Waals surface area contributed by atoms with Crippen LogP contribution in [-0.4, -0.2) is 17.0 Å². The molecule has 0 aliphatic heterocycles. The molecule has 0 aliphatic rings. The number of carbonyl (C=O) groups is 1. The third kappa shape index (κ3) is 3.51. The number of aromatic nitrogens is 1. The van der Waals surface area contributed by atoms with Crippen molar-refractivity contribution in [3.8, 4) is 5.75 Å². The Morgan fingerprint density at radius 2 is 2.04 bits per heavy atom. The number of rotatable bonds is 5. The van der Waals surface area contributed by atoms with Crippen molar-refractivity contribution >= 4 is 22.7 Å². The second kappa shape index (κ2) is 6.52. The Morgan fingerprint density at radius 1 is 1.26 bits per heavy atom. The highest BCUT2D eigenvalue weighted by Crippen LogP contribution is 2.20. The SMILES string of the molecule is CC[C@H](Oc1ccccc1)C(=O)Nc1ccc2oc(C)nc2c1. The lowest BCUT2D eigenvalue weighted by Gasteiger charge is -2.17. The number of nitrogens with zero attached hydrogens (tertiary/aromatic N) is 1. The molecular formula is C18H18N2O3. The first-order valence-electron chi connectivity index (χ1n) is 7.55. The first-order chi connectivity index (χ1) is 11.2. The molecule has 3 aromatic rings. The zero-order valence-corrected chi connectivity index (χ0v) is 13.1. The predicted molar refractivity (Wildman–Crippen MR) is 88.5 cm³/mol. The van der Waals surface area contributed by atoms with Gasteiger partial charge in [-0.15, -0.1) is 0 Å². The first kappa shape index (κ1) is 15.1. The molecule has 0 saturated heterocycles. The number of aryl methyl sites for hydroxylation is 1. The standard InChI is InChI=1S/C18H18N2O3/c1-3-16(23-14-7-5-4-6-8-14)18(21)20-13-9-10-17-15(11-13)19-12(2)22-17/h4-11,16H,3H2,1-2H3,(H,20,21)/t16-/m0/s1. The molecule has 118 valence electrons. The highest BCUT2D eigenvalue weighted by molar-refractivity contribution is 5.95. The van der Waals surface area contributed by atoms with Gasteiger partial charge in [0.25, 0.3) is 5.91 Å². The van der Waals surface area contributed by atoms with Crippen molar-refractivity contribution in [1.29, 1.82) is 0 Å². The summed E-state index contributed by atoms with van der Waals surface area (Å²) in [6.45, 7) is 3.70. The predicted octanol–water partition coefficient (Wildman–Crippen LogP) is 3.93. The smallest absolute Gasteiger partial charge is 0.265 e. The van der Waals surface area contributed by atoms with E-state index in [9.17, 15) is 4.79 Å². The Morgan fingerprint density at radius 3 is 2.78 bits per heavy atom. The van der Waals surface area contributed by atoms with Gasteiger partial charge < -0.3 is 14.5 Å². The Balaban J connectivity index is 1.72. The quantitative estimate of drug-likeness (QED) is 0.775. The van der Waals surface area contributed by atoms with Gasteiger partial charge in [0.15, 0.2) is 17.6 Å². The molecule has 3 rings (SSSR count). The minimum atomic E-state index is -0.549. The summed E-state index contributed by atoms with van der Waals surface area (Å²) in [5.41, 5.74) is 2.09. The van der Waals surface area contributed by atoms with E-state index in [0.717, 1.165) is 5.52 Å². The van der Waals surface area contributed by atoms with E-state index in [1.807, 2.05) is 37.3 Å². The zero-order chi connectivity index (χ0) is 16.2. The van der Waals surface area contributed by atoms with E-state index in [-0.39, 0.29) is 5.91 Å². The second-order valence-corrected chi connectivity index (χ2v) is 5.23. The van der Waals surface area contributed by atoms with Crippen LogP contribution in [0.25, 0.3) is 11.1 Å². The molecule has 1 atom stereocenters. The van der Waals surface area contributed by atoms with Gasteiger partial charge in [-0.2, -0.15) is 0 Å². The van der Waals surface area contributed by atoms with E-state index in [1.54, 1.807) is 25.1 Å². The first-order valence-corrected chi connectivity index (χ1v) is 7.55. The molecule has 0 saturated carbocycles. The molecule has 0 fully saturated rings. The van der Waals surface area contributed by atoms with Crippen LogP contribution in [0.1, 0.15) is 19.2 Å². The van der Waals surface area contributed by atoms with E-state index >= 15 is 0 Å². The number of para-hydroxylation sites is 1. The molecule has 0 spiro atoms. The lowest BCUT2D eigenvalue weighted by molar-refractivity contribution is -0.122. The fourth-order valence-corrected chi connectivity index (χ4v) is 2.33. The van der Waals surface area contributed by atoms with Gasteiger partial charge in [-0.1, -0.05) is 25.1 Å². The van der Waals surface area contributed by atoms with Gasteiger partial charge in [0, 0.05) is 12.6 Å². The zero-order valence-electron chi connectivity index (χ0n) is 13.1. The second-order valence-electron chi connectivity index (χ2n) is 5.23. The van der Waals surface area contributed by atoms with Crippen LogP contribution in [0.15, 0.2) is 52.9 Å². The molecule has 0 radical (unpaired) electrons. The Bertz CT molecular complexity index is 812. The van der Waals surface area contributed by atoms with E-state index in [4.69, 9.17) is 9.15 Å². The summed E-state index contributed by atoms with van der Waals surface area (Å²) in [5, 5.41) is 2.87. The average Bonchev–Trinajstić information content (AvgIpc) is 2.92. The highest BCUT2D eigenvalue weighted by Gasteiger charge is 2.18. The van der Waals surface area contributed by atoms with Crippen LogP contribution in [0.4, 0.5) is 5.69 Å². The van der Waals surface area contributed by atoms with E-state index in [2.05, 4.69) is 10.3 Å². The van der Waals surface area contributed by atoms with Crippen molar-refractivity contribution in [2.75, 3.05) is 5.32 Å². The maximum absolute atomic E-state index is 12.4. The van der Waals surface area contributed by atoms with Crippen molar-refractivity contribution < 1.29 is 13.9 Å². The number of hydrogen-bond donors (Lipinski definition) is 1. The average molecular weight is 310 g/mol. The van der Waals surface area contributed by atoms with Gasteiger partial charge >= 0.3 is 0 Å². The third-order valence-corrected chi connectivity index (χ3v) is 3.45. The summed E-state index contributed by atoms with van der Waals surface area (Å²) in [5.74, 6) is 1.09. The summed E-state index contributed by atoms with van der Waals surface area (Å²) in [6.07, 6.45) is 0.0265. The normalized spacial score (nSPS) is 12.1. The molecular weight excluding hydrogens is 292 g/mol. The fraction of sp³-hybridized carbons (Fsp3) is 0.222. The molecule has 5 nitrogen and oxygen atoms in total. The number of nitrogens with one attached hydrogen (secondary N) is 1. The number of oxazole rings is 1. The molecule has 0 unspecified atom stereocenters. The number of fused-ring (bicyclic) bond motifs is 1. The lowest BCUT2D eigenvalue weighted by Crippen LogP contribution is -2.32. The van der Waals surface area contributed by atoms with Crippen LogP contribution >= 0.6 is 0 Å². The van der Waals surface area contributed by atoms with Crippen LogP contribution in [0, 0.1) is 6.92 Å². The summed E-state index contributed by atoms with van der Waals surface area (Å²) in [6, 6.07) is 14.7. The molecule has 1 N–H and O–H groups in total. The van der Waals surface area contributed by atoms with Crippen molar-refractivity contribution in [3.05, 3.63) is 54.4 Å². The van der Waals surface area contributed by atoms with Crippen LogP contribution in [-0.2, 0) is 4.79 Å². The van der Waals surface area contributed by atoms with Gasteiger partial charge in [0.05, 0.1) is 0 Å². The number of hydrogen-bond acceptors (Lipinski definition) is 4. The van der Waals surface area contributed by atoms with Crippen LogP contribution in [0.2, 0.25) is 0 Å². The molecule has 0 aliphatic carbocycles. The Labute approximate surface area is 134 Å². The monoisotopic (exact) mass is 310 g/mol. The Hall–Kier alpha value is -2.82. The fourth-order valence-electron chi connectivity index (χ4n) is 2.33. The van der Waals surface area contributed by atoms with Gasteiger partial charge in [0.2, 0.25) is 0 Å². The maximum atomic E-state index is 12.4. The van der Waals surface area contributed by atoms with E-state index in [1.165, 1.54) is 0 Å². The van der Waals surface area contributed by atoms with Crippen molar-refractivity contribution in [1.82, 2.24) is 4.98 Å². The third-order valence-electron chi connectivity index (χ3n) is 3.45. The van der Waals surface area contributed by atoms with Crippen LogP contribution < -0.4 is 10.1 Å². The van der Waals surface area contributed by atoms with Crippen molar-refractivity contribution in [2.24, 2.45) is 0 Å². The largest absolute Gasteiger partial charge is 0.481 e. The molecule has 1 heterocycles. The summed E-state index contributed by atoms with van der Waals surface area (Å²) in [4.78, 5) is 16.7. The van der Waals surface area contributed by atoms with Crippen molar-refractivity contribution in [3.63, 3.8) is 0 Å². The molecule has 1 aromatic heterocycles. The summed E-state index contributed by atoms with van der Waals surface area (Å²) in [7, 11) is 0. The van der Waals surface area contributed by atoms with Gasteiger partial charge in [-0.05, 0) is 36.8 Å². The molecule has 1 amide bonds. The van der Waals surface area contributed by atoms with E-state index < -0.39 is 6.10 Å². The number of anilines is 1. The van der Waals surface area contributed by atoms with E-state index in [0.29, 0.717) is 29.3 Å². The minimum Gasteiger partial charge on any atom is -0.481 e. The van der Waals surface area contributed by atoms with Gasteiger partial charge in [-0.3, -0.25) is 4.79 Å². The molecule has 23 heavy (non-hydrogen) atoms. The number of benzene rings is 2. The van der Waals surface area contributed by atoms with Crippen LogP contribution in [0.3, 0.4) is 0 Å². The lowest BCUT2D eigenvalue weighted by atomic mass is 10.2.